The van der Waals surface area contributed by atoms with Crippen molar-refractivity contribution in [2.75, 3.05) is 26.1 Å². The Morgan fingerprint density at radius 1 is 0.913 bits per heavy atom. The molecule has 0 saturated carbocycles. The number of ketones is 1. The number of rotatable bonds is 10. The Labute approximate surface area is 274 Å². The molecule has 0 unspecified atom stereocenters. The van der Waals surface area contributed by atoms with Gasteiger partial charge in [-0.05, 0) is 98.2 Å². The summed E-state index contributed by atoms with van der Waals surface area (Å²) in [5, 5.41) is 50.4. The van der Waals surface area contributed by atoms with Crippen LogP contribution in [0, 0.1) is 0 Å². The maximum Gasteiger partial charge on any atom is 0.335 e. The summed E-state index contributed by atoms with van der Waals surface area (Å²) < 4.78 is 50.6. The van der Waals surface area contributed by atoms with Crippen molar-refractivity contribution in [3.05, 3.63) is 77.9 Å². The Balaban J connectivity index is 1.25. The second-order valence-electron chi connectivity index (χ2n) is 11.1. The van der Waals surface area contributed by atoms with Crippen LogP contribution in [0.3, 0.4) is 0 Å². The zero-order chi connectivity index (χ0) is 36.0. The highest BCUT2D eigenvalue weighted by Gasteiger charge is 2.48. The van der Waals surface area contributed by atoms with E-state index in [4.69, 9.17) is 19.7 Å². The molecule has 0 amide bonds. The lowest BCUT2D eigenvalue weighted by Gasteiger charge is -2.38. The van der Waals surface area contributed by atoms with Crippen molar-refractivity contribution in [1.82, 2.24) is 4.90 Å². The van der Waals surface area contributed by atoms with E-state index in [1.54, 1.807) is 18.2 Å². The Morgan fingerprint density at radius 2 is 1.61 bits per heavy atom. The maximum atomic E-state index is 14.1. The van der Waals surface area contributed by atoms with E-state index < -0.39 is 49.7 Å². The average molecular weight is 654 g/mol. The van der Waals surface area contributed by atoms with Gasteiger partial charge in [-0.3, -0.25) is 9.69 Å². The third kappa shape index (κ3) is 6.73. The summed E-state index contributed by atoms with van der Waals surface area (Å²) in [5.41, 5.74) is 1.16. The van der Waals surface area contributed by atoms with E-state index in [-0.39, 0.29) is 28.6 Å². The van der Waals surface area contributed by atoms with Crippen LogP contribution in [-0.4, -0.2) is 99.0 Å². The van der Waals surface area contributed by atoms with Crippen LogP contribution in [0.2, 0.25) is 0 Å². The normalized spacial score (nSPS) is 25.6. The summed E-state index contributed by atoms with van der Waals surface area (Å²) in [6, 6.07) is 16.6. The summed E-state index contributed by atoms with van der Waals surface area (Å²) in [6.07, 6.45) is -6.36. The van der Waals surface area contributed by atoms with Crippen LogP contribution in [0.5, 0.6) is 17.2 Å². The number of aliphatic hydroxyl groups excluding tert-OH is 3. The molecule has 11 nitrogen and oxygen atoms in total. The Bertz CT molecular complexity index is 1860. The molecule has 2 saturated heterocycles. The van der Waals surface area contributed by atoms with E-state index in [2.05, 4.69) is 0 Å². The number of aromatic hydroxyl groups is 1. The van der Waals surface area contributed by atoms with Gasteiger partial charge in [0.25, 0.3) is 0 Å². The number of benzene rings is 3. The summed E-state index contributed by atoms with van der Waals surface area (Å²) in [4.78, 5) is 27.5. The second kappa shape index (κ2) is 13.8. The van der Waals surface area contributed by atoms with E-state index in [9.17, 15) is 35.1 Å². The Hall–Kier alpha value is -4.04. The molecular formula is C34H35NO10S. The van der Waals surface area contributed by atoms with Crippen molar-refractivity contribution in [3.63, 3.8) is 0 Å². The number of piperidine rings is 1. The van der Waals surface area contributed by atoms with E-state index in [0.29, 0.717) is 39.2 Å². The minimum Gasteiger partial charge on any atom is -0.508 e. The van der Waals surface area contributed by atoms with Crippen LogP contribution in [0.4, 0.5) is 0 Å². The van der Waals surface area contributed by atoms with Crippen LogP contribution in [0.1, 0.15) is 40.7 Å². The number of carboxylic acid groups (broad SMARTS) is 1. The molecule has 5 N–H and O–H groups in total. The van der Waals surface area contributed by atoms with Crippen LogP contribution < -0.4 is 9.47 Å². The van der Waals surface area contributed by atoms with Crippen LogP contribution in [0.25, 0.3) is 20.5 Å². The molecule has 0 aliphatic carbocycles. The van der Waals surface area contributed by atoms with Crippen LogP contribution in [-0.2, 0) is 9.53 Å². The molecule has 0 bridgehead atoms. The van der Waals surface area contributed by atoms with Gasteiger partial charge in [-0.15, -0.1) is 11.3 Å². The number of fused-ring (bicyclic) bond motifs is 1. The molecule has 0 radical (unpaired) electrons. The minimum absolute atomic E-state index is 0.00578. The fourth-order valence-corrected chi connectivity index (χ4v) is 6.69. The molecule has 242 valence electrons. The fraction of sp³-hybridized carbons (Fsp3) is 0.353. The number of carbonyl (C=O) groups excluding carboxylic acids is 1. The smallest absolute Gasteiger partial charge is 0.335 e. The van der Waals surface area contributed by atoms with Gasteiger partial charge in [-0.1, -0.05) is 6.42 Å². The van der Waals surface area contributed by atoms with Crippen molar-refractivity contribution in [2.45, 2.75) is 50.0 Å². The quantitative estimate of drug-likeness (QED) is 0.159. The standard InChI is InChI=1S/C34H35NO10S/c36-21-8-13-24-25(18-21)46-32(20-6-11-23(12-7-20)44-34-30(40)28(38)29(39)31(45-34)33(41)42)26(24)27(37)19-4-9-22(10-5-19)43-17-16-35-14-2-1-3-15-35/h4-13,18,28-31,34,36,38-40H,1-3,14-17H2,(H,41,42)/t28-,29+,30-,31+,34-/m1/s1/i16D2,17D2. The van der Waals surface area contributed by atoms with Gasteiger partial charge >= 0.3 is 5.97 Å². The first-order valence-corrected chi connectivity index (χ1v) is 15.5. The predicted molar refractivity (Wildman–Crippen MR) is 170 cm³/mol. The fourth-order valence-electron chi connectivity index (χ4n) is 5.45. The Morgan fingerprint density at radius 3 is 2.30 bits per heavy atom. The molecule has 46 heavy (non-hydrogen) atoms. The molecule has 3 heterocycles. The van der Waals surface area contributed by atoms with Gasteiger partial charge in [-0.25, -0.2) is 4.79 Å². The zero-order valence-electron chi connectivity index (χ0n) is 28.4. The van der Waals surface area contributed by atoms with E-state index >= 15 is 0 Å². The Kier molecular flexibility index (Phi) is 8.11. The first kappa shape index (κ1) is 27.1. The second-order valence-corrected chi connectivity index (χ2v) is 12.1. The number of ether oxygens (including phenoxy) is 3. The third-order valence-electron chi connectivity index (χ3n) is 7.93. The first-order chi connectivity index (χ1) is 23.7. The SMILES string of the molecule is [2H]C([2H])(Oc1ccc(C(=O)c2c(-c3ccc(O[C@@H]4O[C@H](C(=O)O)[C@@H](O)[C@@H](O)[C@H]4O)cc3)sc3cc(O)ccc23)cc1)C([2H])([2H])N1CCCCC1. The maximum absolute atomic E-state index is 14.1. The number of likely N-dealkylation sites (tertiary alicyclic amines) is 1. The summed E-state index contributed by atoms with van der Waals surface area (Å²) >= 11 is 1.25. The highest BCUT2D eigenvalue weighted by molar-refractivity contribution is 7.22. The number of carbonyl (C=O) groups is 2. The predicted octanol–water partition coefficient (Wildman–Crippen LogP) is 3.64. The summed E-state index contributed by atoms with van der Waals surface area (Å²) in [7, 11) is 0. The van der Waals surface area contributed by atoms with Crippen LogP contribution >= 0.6 is 11.3 Å². The van der Waals surface area contributed by atoms with Gasteiger partial charge < -0.3 is 39.7 Å². The number of carboxylic acids is 1. The number of phenols is 1. The third-order valence-corrected chi connectivity index (χ3v) is 9.13. The van der Waals surface area contributed by atoms with E-state index in [1.807, 2.05) is 0 Å². The lowest BCUT2D eigenvalue weighted by molar-refractivity contribution is -0.271. The van der Waals surface area contributed by atoms with Gasteiger partial charge in [0.2, 0.25) is 6.29 Å². The molecule has 6 rings (SSSR count). The minimum atomic E-state index is -2.68. The molecule has 5 atom stereocenters. The molecule has 2 aliphatic heterocycles. The number of hydrogen-bond acceptors (Lipinski definition) is 11. The lowest BCUT2D eigenvalue weighted by Crippen LogP contribution is -2.61. The lowest BCUT2D eigenvalue weighted by atomic mass is 9.97. The highest BCUT2D eigenvalue weighted by Crippen LogP contribution is 2.42. The monoisotopic (exact) mass is 653 g/mol. The largest absolute Gasteiger partial charge is 0.508 e. The number of thiophene rings is 1. The first-order valence-electron chi connectivity index (χ1n) is 16.7. The molecule has 1 aromatic heterocycles. The van der Waals surface area contributed by atoms with Crippen molar-refractivity contribution >= 4 is 33.2 Å². The van der Waals surface area contributed by atoms with Gasteiger partial charge in [0.15, 0.2) is 11.9 Å². The molecule has 3 aromatic carbocycles. The number of nitrogens with zero attached hydrogens (tertiary/aromatic N) is 1. The van der Waals surface area contributed by atoms with E-state index in [1.165, 1.54) is 64.8 Å². The summed E-state index contributed by atoms with van der Waals surface area (Å²) in [6.45, 7) is -4.21. The van der Waals surface area contributed by atoms with Gasteiger partial charge in [-0.2, -0.15) is 0 Å². The van der Waals surface area contributed by atoms with Crippen molar-refractivity contribution in [1.29, 1.82) is 0 Å². The molecular weight excluding hydrogens is 614 g/mol. The van der Waals surface area contributed by atoms with Gasteiger partial charge in [0.05, 0.1) is 2.74 Å². The van der Waals surface area contributed by atoms with Crippen LogP contribution in [0.15, 0.2) is 66.7 Å². The van der Waals surface area contributed by atoms with Crippen molar-refractivity contribution < 1.29 is 54.8 Å². The number of aliphatic carboxylic acids is 1. The zero-order valence-corrected chi connectivity index (χ0v) is 25.2. The molecule has 0 spiro atoms. The summed E-state index contributed by atoms with van der Waals surface area (Å²) in [5.74, 6) is -1.73. The van der Waals surface area contributed by atoms with Gasteiger partial charge in [0.1, 0.15) is 42.1 Å². The topological polar surface area (TPSA) is 166 Å². The van der Waals surface area contributed by atoms with Crippen molar-refractivity contribution in [3.8, 4) is 27.7 Å². The molecule has 2 fully saturated rings. The highest BCUT2D eigenvalue weighted by atomic mass is 32.1. The molecule has 12 heteroatoms. The number of phenolic OH excluding ortho intramolecular Hbond substituents is 1. The van der Waals surface area contributed by atoms with Gasteiger partial charge in [0, 0.05) is 35.3 Å². The van der Waals surface area contributed by atoms with Crippen molar-refractivity contribution in [2.24, 2.45) is 0 Å². The number of aliphatic hydroxyl groups is 3. The molecule has 4 aromatic rings. The van der Waals surface area contributed by atoms with E-state index in [0.717, 1.165) is 19.3 Å². The average Bonchev–Trinajstić information content (AvgIpc) is 3.47. The molecule has 2 aliphatic rings. The number of hydrogen-bond donors (Lipinski definition) is 5.